The van der Waals surface area contributed by atoms with Crippen LogP contribution in [0.4, 0.5) is 0 Å². The molecule has 33 heavy (non-hydrogen) atoms. The molecule has 0 radical (unpaired) electrons. The number of rotatable bonds is 8. The van der Waals surface area contributed by atoms with Crippen LogP contribution in [0.2, 0.25) is 0 Å². The molecular weight excluding hydrogens is 399 g/mol. The Labute approximate surface area is 199 Å². The molecule has 0 fully saturated rings. The maximum absolute atomic E-state index is 4.49. The van der Waals surface area contributed by atoms with Crippen LogP contribution in [0, 0.1) is 0 Å². The minimum atomic E-state index is 0.0175. The van der Waals surface area contributed by atoms with Crippen LogP contribution in [0.15, 0.2) is 103 Å². The van der Waals surface area contributed by atoms with E-state index in [0.717, 1.165) is 42.5 Å². The number of benzene rings is 2. The van der Waals surface area contributed by atoms with E-state index >= 15 is 0 Å². The van der Waals surface area contributed by atoms with Crippen molar-refractivity contribution in [2.75, 3.05) is 6.54 Å². The van der Waals surface area contributed by atoms with E-state index in [1.165, 1.54) is 33.3 Å². The number of allylic oxidation sites excluding steroid dienone is 4. The number of aromatic nitrogens is 1. The van der Waals surface area contributed by atoms with Gasteiger partial charge in [-0.2, -0.15) is 0 Å². The quantitative estimate of drug-likeness (QED) is 0.324. The summed E-state index contributed by atoms with van der Waals surface area (Å²) in [5.74, 6) is 0. The molecule has 0 bridgehead atoms. The fourth-order valence-corrected chi connectivity index (χ4v) is 4.66. The second-order valence-electron chi connectivity index (χ2n) is 9.12. The summed E-state index contributed by atoms with van der Waals surface area (Å²) in [6, 6.07) is 19.2. The van der Waals surface area contributed by atoms with Crippen LogP contribution in [0.3, 0.4) is 0 Å². The molecule has 3 aromatic rings. The van der Waals surface area contributed by atoms with E-state index < -0.39 is 0 Å². The van der Waals surface area contributed by atoms with E-state index in [9.17, 15) is 0 Å². The first-order chi connectivity index (χ1) is 16.0. The topological polar surface area (TPSA) is 19.0 Å². The van der Waals surface area contributed by atoms with E-state index in [1.54, 1.807) is 0 Å². The zero-order valence-electron chi connectivity index (χ0n) is 19.9. The van der Waals surface area contributed by atoms with Crippen molar-refractivity contribution in [2.45, 2.75) is 39.2 Å². The normalized spacial score (nSPS) is 15.4. The molecule has 0 saturated heterocycles. The fourth-order valence-electron chi connectivity index (χ4n) is 4.66. The number of para-hydroxylation sites is 1. The molecule has 1 aliphatic rings. The first-order valence-electron chi connectivity index (χ1n) is 11.7. The Morgan fingerprint density at radius 2 is 1.82 bits per heavy atom. The average Bonchev–Trinajstić information content (AvgIpc) is 3.20. The third kappa shape index (κ3) is 5.03. The number of aromatic amines is 1. The number of hydrogen-bond acceptors (Lipinski definition) is 1. The van der Waals surface area contributed by atoms with Gasteiger partial charge in [0.1, 0.15) is 0 Å². The van der Waals surface area contributed by atoms with Gasteiger partial charge in [-0.3, -0.25) is 0 Å². The summed E-state index contributed by atoms with van der Waals surface area (Å²) in [6.07, 6.45) is 9.19. The molecule has 0 aliphatic carbocycles. The number of nitrogens with zero attached hydrogens (tertiary/aromatic N) is 1. The monoisotopic (exact) mass is 432 g/mol. The van der Waals surface area contributed by atoms with Crippen LogP contribution < -0.4 is 0 Å². The Bertz CT molecular complexity index is 1240. The Hall–Kier alpha value is -3.33. The molecule has 1 aromatic heterocycles. The van der Waals surface area contributed by atoms with Crippen LogP contribution in [-0.4, -0.2) is 29.4 Å². The van der Waals surface area contributed by atoms with Gasteiger partial charge in [-0.1, -0.05) is 0 Å². The minimum absolute atomic E-state index is 0.0175. The van der Waals surface area contributed by atoms with Gasteiger partial charge in [-0.25, -0.2) is 0 Å². The van der Waals surface area contributed by atoms with E-state index in [2.05, 4.69) is 117 Å². The first-order valence-corrected chi connectivity index (χ1v) is 11.7. The van der Waals surface area contributed by atoms with Crippen LogP contribution in [-0.2, 0) is 12.8 Å². The van der Waals surface area contributed by atoms with Crippen LogP contribution in [0.5, 0.6) is 0 Å². The SMILES string of the molecule is B=C(CCc1ccccc1)C(=C)N1CCc2c([nH]c3ccccc23)[C@@H]1C(=C)/C=C\C=C(C)C. The van der Waals surface area contributed by atoms with Gasteiger partial charge in [-0.05, 0) is 0 Å². The Balaban J connectivity index is 1.63. The van der Waals surface area contributed by atoms with Gasteiger partial charge < -0.3 is 0 Å². The zero-order chi connectivity index (χ0) is 23.4. The average molecular weight is 432 g/mol. The summed E-state index contributed by atoms with van der Waals surface area (Å²) >= 11 is 0. The van der Waals surface area contributed by atoms with Crippen molar-refractivity contribution in [3.05, 3.63) is 120 Å². The summed E-state index contributed by atoms with van der Waals surface area (Å²) in [7, 11) is 4.41. The zero-order valence-corrected chi connectivity index (χ0v) is 19.9. The second-order valence-corrected chi connectivity index (χ2v) is 9.12. The maximum atomic E-state index is 4.49. The molecule has 0 saturated carbocycles. The molecular formula is C30H33BN2. The van der Waals surface area contributed by atoms with E-state index in [-0.39, 0.29) is 6.04 Å². The number of hydrogen-bond donors (Lipinski definition) is 1. The first kappa shape index (κ1) is 22.9. The molecule has 3 heteroatoms. The van der Waals surface area contributed by atoms with Gasteiger partial charge in [0, 0.05) is 0 Å². The van der Waals surface area contributed by atoms with E-state index in [1.807, 2.05) is 0 Å². The molecule has 1 atom stereocenters. The van der Waals surface area contributed by atoms with Gasteiger partial charge in [0.05, 0.1) is 0 Å². The number of nitrogens with one attached hydrogen (secondary N) is 1. The van der Waals surface area contributed by atoms with Crippen LogP contribution >= 0.6 is 0 Å². The summed E-state index contributed by atoms with van der Waals surface area (Å²) < 4.78 is 0. The molecule has 1 N–H and O–H groups in total. The van der Waals surface area contributed by atoms with Crippen molar-refractivity contribution < 1.29 is 0 Å². The molecule has 2 nitrogen and oxygen atoms in total. The van der Waals surface area contributed by atoms with Gasteiger partial charge in [0.25, 0.3) is 0 Å². The van der Waals surface area contributed by atoms with Crippen molar-refractivity contribution in [2.24, 2.45) is 0 Å². The summed E-state index contributed by atoms with van der Waals surface area (Å²) in [4.78, 5) is 6.09. The molecule has 2 heterocycles. The van der Waals surface area contributed by atoms with Crippen molar-refractivity contribution in [3.63, 3.8) is 0 Å². The molecule has 0 spiro atoms. The van der Waals surface area contributed by atoms with Gasteiger partial charge in [0.15, 0.2) is 0 Å². The number of aryl methyl sites for hydroxylation is 1. The Morgan fingerprint density at radius 1 is 1.09 bits per heavy atom. The fraction of sp³-hybridized carbons (Fsp3) is 0.233. The molecule has 1 aliphatic heterocycles. The molecule has 0 amide bonds. The van der Waals surface area contributed by atoms with Crippen LogP contribution in [0.25, 0.3) is 10.9 Å². The van der Waals surface area contributed by atoms with E-state index in [0.29, 0.717) is 0 Å². The predicted molar refractivity (Wildman–Crippen MR) is 145 cm³/mol. The van der Waals surface area contributed by atoms with Crippen molar-refractivity contribution >= 4 is 23.9 Å². The van der Waals surface area contributed by atoms with Gasteiger partial charge in [-0.15, -0.1) is 0 Å². The van der Waals surface area contributed by atoms with Crippen molar-refractivity contribution in [1.82, 2.24) is 9.88 Å². The van der Waals surface area contributed by atoms with Crippen LogP contribution in [0.1, 0.15) is 43.1 Å². The Morgan fingerprint density at radius 3 is 2.58 bits per heavy atom. The standard InChI is InChI=1S/C30H33BN2/c1-21(2)11-10-12-22(3)30-29-26(25-15-8-9-16-28(25)32-29)19-20-33(30)23(4)27(31)18-17-24-13-6-5-7-14-24/h5-16,30-32H,3-4,17-20H2,1-2H3/b12-10-/t30-/m0/s1. The van der Waals surface area contributed by atoms with E-state index in [4.69, 9.17) is 0 Å². The second kappa shape index (κ2) is 10.1. The molecule has 4 rings (SSSR count). The van der Waals surface area contributed by atoms with Crippen molar-refractivity contribution in [3.8, 4) is 0 Å². The molecule has 0 unspecified atom stereocenters. The van der Waals surface area contributed by atoms with Gasteiger partial charge >= 0.3 is 199 Å². The third-order valence-electron chi connectivity index (χ3n) is 6.44. The number of fused-ring (bicyclic) bond motifs is 3. The number of H-pyrrole nitrogens is 1. The summed E-state index contributed by atoms with van der Waals surface area (Å²) in [5, 5.41) is 1.31. The summed E-state index contributed by atoms with van der Waals surface area (Å²) in [6.45, 7) is 14.1. The predicted octanol–water partition coefficient (Wildman–Crippen LogP) is 6.37. The van der Waals surface area contributed by atoms with Gasteiger partial charge in [0.2, 0.25) is 0 Å². The summed E-state index contributed by atoms with van der Waals surface area (Å²) in [5.41, 5.74) is 9.55. The Kier molecular flexibility index (Phi) is 6.98. The van der Waals surface area contributed by atoms with Crippen molar-refractivity contribution in [1.29, 1.82) is 0 Å². The molecule has 2 aromatic carbocycles. The third-order valence-corrected chi connectivity index (χ3v) is 6.44. The molecule has 166 valence electrons.